The highest BCUT2D eigenvalue weighted by atomic mass is 16.3. The van der Waals surface area contributed by atoms with Gasteiger partial charge in [-0.3, -0.25) is 0 Å². The normalized spacial score (nSPS) is 13.7. The molecule has 0 heterocycles. The molecular weight excluding hydrogens is 248 g/mol. The van der Waals surface area contributed by atoms with Gasteiger partial charge in [-0.15, -0.1) is 5.73 Å². The molecule has 1 atom stereocenters. The standard InChI is InChI=1S/C17H34N2O/c1-5-7-9-17(6-2,10-8-16(3)4)15-19-12-11-18-13-14-20/h10,18-20H,5-7,9,11-15H2,1-4H3/t17-/m1/s1. The first-order valence-corrected chi connectivity index (χ1v) is 8.03. The van der Waals surface area contributed by atoms with Gasteiger partial charge in [0.2, 0.25) is 0 Å². The first-order chi connectivity index (χ1) is 9.60. The summed E-state index contributed by atoms with van der Waals surface area (Å²) < 4.78 is 0. The van der Waals surface area contributed by atoms with Crippen LogP contribution < -0.4 is 10.6 Å². The number of aliphatic hydroxyl groups excluding tert-OH is 1. The Morgan fingerprint density at radius 3 is 2.40 bits per heavy atom. The average Bonchev–Trinajstić information content (AvgIpc) is 2.45. The van der Waals surface area contributed by atoms with Gasteiger partial charge in [-0.05, 0) is 38.3 Å². The molecule has 0 aromatic carbocycles. The molecule has 0 radical (unpaired) electrons. The van der Waals surface area contributed by atoms with Crippen LogP contribution >= 0.6 is 0 Å². The van der Waals surface area contributed by atoms with Crippen molar-refractivity contribution in [3.05, 3.63) is 17.4 Å². The molecule has 0 aliphatic carbocycles. The Bertz CT molecular complexity index is 291. The van der Waals surface area contributed by atoms with E-state index in [1.165, 1.54) is 24.8 Å². The van der Waals surface area contributed by atoms with Crippen molar-refractivity contribution in [2.75, 3.05) is 32.8 Å². The predicted molar refractivity (Wildman–Crippen MR) is 88.0 cm³/mol. The van der Waals surface area contributed by atoms with Crippen LogP contribution in [0, 0.1) is 5.41 Å². The van der Waals surface area contributed by atoms with E-state index in [-0.39, 0.29) is 12.0 Å². The van der Waals surface area contributed by atoms with Crippen molar-refractivity contribution in [3.63, 3.8) is 0 Å². The SMILES string of the molecule is CCCC[C@@](C=C=C(C)C)(CC)CNCCNCCO. The van der Waals surface area contributed by atoms with Gasteiger partial charge < -0.3 is 15.7 Å². The fraction of sp³-hybridized carbons (Fsp3) is 0.824. The summed E-state index contributed by atoms with van der Waals surface area (Å²) >= 11 is 0. The second-order valence-corrected chi connectivity index (χ2v) is 5.76. The van der Waals surface area contributed by atoms with Gasteiger partial charge in [-0.1, -0.05) is 26.7 Å². The Morgan fingerprint density at radius 2 is 1.85 bits per heavy atom. The lowest BCUT2D eigenvalue weighted by Gasteiger charge is -2.29. The van der Waals surface area contributed by atoms with Crippen LogP contribution in [0.1, 0.15) is 53.4 Å². The van der Waals surface area contributed by atoms with Crippen molar-refractivity contribution < 1.29 is 5.11 Å². The summed E-state index contributed by atoms with van der Waals surface area (Å²) in [6.45, 7) is 12.4. The lowest BCUT2D eigenvalue weighted by molar-refractivity contribution is 0.288. The van der Waals surface area contributed by atoms with Gasteiger partial charge in [0.05, 0.1) is 6.61 Å². The molecule has 0 unspecified atom stereocenters. The summed E-state index contributed by atoms with van der Waals surface area (Å²) in [4.78, 5) is 0. The Kier molecular flexibility index (Phi) is 11.8. The molecule has 0 saturated heterocycles. The van der Waals surface area contributed by atoms with E-state index in [0.29, 0.717) is 6.54 Å². The maximum absolute atomic E-state index is 8.71. The number of unbranched alkanes of at least 4 members (excludes halogenated alkanes) is 1. The van der Waals surface area contributed by atoms with E-state index in [4.69, 9.17) is 5.11 Å². The van der Waals surface area contributed by atoms with Gasteiger partial charge in [-0.25, -0.2) is 0 Å². The maximum atomic E-state index is 8.71. The van der Waals surface area contributed by atoms with E-state index >= 15 is 0 Å². The van der Waals surface area contributed by atoms with Gasteiger partial charge in [0.15, 0.2) is 0 Å². The van der Waals surface area contributed by atoms with Crippen LogP contribution in [0.3, 0.4) is 0 Å². The number of hydrogen-bond donors (Lipinski definition) is 3. The highest BCUT2D eigenvalue weighted by Crippen LogP contribution is 2.29. The van der Waals surface area contributed by atoms with E-state index in [1.54, 1.807) is 0 Å². The average molecular weight is 282 g/mol. The molecule has 20 heavy (non-hydrogen) atoms. The Morgan fingerprint density at radius 1 is 1.15 bits per heavy atom. The second kappa shape index (κ2) is 12.2. The fourth-order valence-electron chi connectivity index (χ4n) is 2.16. The van der Waals surface area contributed by atoms with Crippen LogP contribution in [0.4, 0.5) is 0 Å². The number of rotatable bonds is 12. The van der Waals surface area contributed by atoms with Crippen LogP contribution in [-0.4, -0.2) is 37.9 Å². The summed E-state index contributed by atoms with van der Waals surface area (Å²) in [6, 6.07) is 0. The van der Waals surface area contributed by atoms with Crippen LogP contribution in [0.2, 0.25) is 0 Å². The summed E-state index contributed by atoms with van der Waals surface area (Å²) in [5.74, 6) is 0. The zero-order valence-electron chi connectivity index (χ0n) is 13.9. The van der Waals surface area contributed by atoms with Gasteiger partial charge in [0.25, 0.3) is 0 Å². The van der Waals surface area contributed by atoms with Gasteiger partial charge >= 0.3 is 0 Å². The van der Waals surface area contributed by atoms with Gasteiger partial charge in [0.1, 0.15) is 0 Å². The molecule has 0 saturated carbocycles. The second-order valence-electron chi connectivity index (χ2n) is 5.76. The minimum absolute atomic E-state index is 0.207. The molecule has 0 spiro atoms. The summed E-state index contributed by atoms with van der Waals surface area (Å²) in [6.07, 6.45) is 7.15. The highest BCUT2D eigenvalue weighted by molar-refractivity contribution is 5.04. The van der Waals surface area contributed by atoms with E-state index in [1.807, 2.05) is 0 Å². The van der Waals surface area contributed by atoms with Gasteiger partial charge in [-0.2, -0.15) is 0 Å². The molecule has 3 heteroatoms. The minimum atomic E-state index is 0.207. The Labute approximate surface area is 125 Å². The molecule has 0 fully saturated rings. The van der Waals surface area contributed by atoms with Crippen molar-refractivity contribution in [2.45, 2.75) is 53.4 Å². The molecule has 0 aliphatic heterocycles. The molecule has 0 aliphatic rings. The zero-order valence-corrected chi connectivity index (χ0v) is 13.9. The lowest BCUT2D eigenvalue weighted by Crippen LogP contribution is -2.36. The topological polar surface area (TPSA) is 44.3 Å². The summed E-state index contributed by atoms with van der Waals surface area (Å²) in [5, 5.41) is 15.4. The summed E-state index contributed by atoms with van der Waals surface area (Å²) in [5.41, 5.74) is 4.88. The van der Waals surface area contributed by atoms with Crippen LogP contribution in [0.15, 0.2) is 17.4 Å². The first-order valence-electron chi connectivity index (χ1n) is 8.03. The minimum Gasteiger partial charge on any atom is -0.395 e. The Balaban J connectivity index is 4.40. The quantitative estimate of drug-likeness (QED) is 0.381. The number of nitrogens with one attached hydrogen (secondary N) is 2. The van der Waals surface area contributed by atoms with Crippen molar-refractivity contribution in [2.24, 2.45) is 5.41 Å². The third kappa shape index (κ3) is 9.33. The molecule has 0 aromatic heterocycles. The molecule has 3 nitrogen and oxygen atoms in total. The van der Waals surface area contributed by atoms with Gasteiger partial charge in [0, 0.05) is 31.6 Å². The van der Waals surface area contributed by atoms with E-state index in [2.05, 4.69) is 50.1 Å². The molecule has 3 N–H and O–H groups in total. The van der Waals surface area contributed by atoms with E-state index in [0.717, 1.165) is 26.1 Å². The molecule has 0 bridgehead atoms. The Hall–Kier alpha value is -0.600. The van der Waals surface area contributed by atoms with Crippen LogP contribution in [-0.2, 0) is 0 Å². The van der Waals surface area contributed by atoms with E-state index < -0.39 is 0 Å². The van der Waals surface area contributed by atoms with Crippen molar-refractivity contribution in [3.8, 4) is 0 Å². The highest BCUT2D eigenvalue weighted by Gasteiger charge is 2.23. The van der Waals surface area contributed by atoms with Crippen molar-refractivity contribution in [1.82, 2.24) is 10.6 Å². The van der Waals surface area contributed by atoms with Crippen LogP contribution in [0.25, 0.3) is 0 Å². The monoisotopic (exact) mass is 282 g/mol. The maximum Gasteiger partial charge on any atom is 0.0555 e. The lowest BCUT2D eigenvalue weighted by atomic mass is 9.80. The predicted octanol–water partition coefficient (Wildman–Crippen LogP) is 2.87. The zero-order chi connectivity index (χ0) is 15.3. The third-order valence-electron chi connectivity index (χ3n) is 3.64. The number of aliphatic hydroxyl groups is 1. The summed E-state index contributed by atoms with van der Waals surface area (Å²) in [7, 11) is 0. The third-order valence-corrected chi connectivity index (χ3v) is 3.64. The van der Waals surface area contributed by atoms with Crippen molar-refractivity contribution in [1.29, 1.82) is 0 Å². The van der Waals surface area contributed by atoms with E-state index in [9.17, 15) is 0 Å². The molecule has 0 rings (SSSR count). The molecular formula is C17H34N2O. The largest absolute Gasteiger partial charge is 0.395 e. The smallest absolute Gasteiger partial charge is 0.0555 e. The van der Waals surface area contributed by atoms with Crippen LogP contribution in [0.5, 0.6) is 0 Å². The number of hydrogen-bond acceptors (Lipinski definition) is 3. The first kappa shape index (κ1) is 19.4. The molecule has 118 valence electrons. The fourth-order valence-corrected chi connectivity index (χ4v) is 2.16. The van der Waals surface area contributed by atoms with Crippen molar-refractivity contribution >= 4 is 0 Å². The molecule has 0 amide bonds. The molecule has 0 aromatic rings.